The van der Waals surface area contributed by atoms with Crippen molar-refractivity contribution in [2.24, 2.45) is 5.73 Å². The lowest BCUT2D eigenvalue weighted by Gasteiger charge is -1.80. The van der Waals surface area contributed by atoms with Crippen molar-refractivity contribution < 1.29 is 9.90 Å². The second kappa shape index (κ2) is 3.85. The van der Waals surface area contributed by atoms with E-state index in [2.05, 4.69) is 16.8 Å². The maximum atomic E-state index is 10.2. The van der Waals surface area contributed by atoms with Gasteiger partial charge in [-0.3, -0.25) is 4.79 Å². The number of nitrogens with two attached hydrogens (primary N) is 1. The summed E-state index contributed by atoms with van der Waals surface area (Å²) in [5.41, 5.74) is 5.34. The summed E-state index contributed by atoms with van der Waals surface area (Å²) in [7, 11) is 0. The van der Waals surface area contributed by atoms with Gasteiger partial charge in [-0.1, -0.05) is 0 Å². The first-order valence-corrected chi connectivity index (χ1v) is 3.97. The first-order chi connectivity index (χ1) is 5.72. The molecule has 0 aliphatic rings. The van der Waals surface area contributed by atoms with E-state index in [1.54, 1.807) is 5.38 Å². The molecule has 1 amide bonds. The minimum Gasteiger partial charge on any atom is -0.390 e. The Balaban J connectivity index is 2.78. The van der Waals surface area contributed by atoms with Crippen LogP contribution in [0.4, 0.5) is 0 Å². The minimum atomic E-state index is -0.684. The van der Waals surface area contributed by atoms with E-state index in [1.807, 2.05) is 0 Å². The monoisotopic (exact) mass is 182 g/mol. The molecule has 1 rings (SSSR count). The van der Waals surface area contributed by atoms with E-state index in [9.17, 15) is 4.79 Å². The third kappa shape index (κ3) is 2.34. The number of aliphatic hydroxyl groups excluding tert-OH is 1. The minimum absolute atomic E-state index is 0.116. The second-order valence-corrected chi connectivity index (χ2v) is 2.77. The fourth-order valence-corrected chi connectivity index (χ4v) is 1.21. The average Bonchev–Trinajstić information content (AvgIpc) is 2.48. The average molecular weight is 182 g/mol. The molecule has 1 aromatic rings. The highest BCUT2D eigenvalue weighted by atomic mass is 32.1. The largest absolute Gasteiger partial charge is 0.390 e. The van der Waals surface area contributed by atoms with Crippen LogP contribution in [0, 0.1) is 11.8 Å². The van der Waals surface area contributed by atoms with Crippen LogP contribution in [0.2, 0.25) is 0 Å². The van der Waals surface area contributed by atoms with E-state index in [4.69, 9.17) is 10.8 Å². The molecule has 0 fully saturated rings. The molecule has 0 atom stereocenters. The van der Waals surface area contributed by atoms with Crippen LogP contribution in [-0.4, -0.2) is 16.0 Å². The number of aromatic nitrogens is 1. The van der Waals surface area contributed by atoms with E-state index in [1.165, 1.54) is 11.3 Å². The SMILES string of the molecule is NC(=O)C#Cc1nc(CO)cs1. The first-order valence-electron chi connectivity index (χ1n) is 3.09. The van der Waals surface area contributed by atoms with Gasteiger partial charge in [0.1, 0.15) is 0 Å². The van der Waals surface area contributed by atoms with Crippen molar-refractivity contribution in [2.75, 3.05) is 0 Å². The molecule has 0 saturated heterocycles. The third-order valence-corrected chi connectivity index (χ3v) is 1.81. The Bertz CT molecular complexity index is 348. The van der Waals surface area contributed by atoms with Gasteiger partial charge in [0.25, 0.3) is 5.91 Å². The highest BCUT2D eigenvalue weighted by Crippen LogP contribution is 2.07. The summed E-state index contributed by atoms with van der Waals surface area (Å²) < 4.78 is 0. The zero-order chi connectivity index (χ0) is 8.97. The lowest BCUT2D eigenvalue weighted by molar-refractivity contribution is -0.112. The van der Waals surface area contributed by atoms with Crippen molar-refractivity contribution >= 4 is 17.2 Å². The molecule has 0 aromatic carbocycles. The number of hydrogen-bond donors (Lipinski definition) is 2. The van der Waals surface area contributed by atoms with Crippen LogP contribution in [-0.2, 0) is 11.4 Å². The first kappa shape index (κ1) is 8.71. The van der Waals surface area contributed by atoms with Crippen LogP contribution in [0.5, 0.6) is 0 Å². The van der Waals surface area contributed by atoms with Crippen LogP contribution in [0.1, 0.15) is 10.7 Å². The molecule has 0 unspecified atom stereocenters. The van der Waals surface area contributed by atoms with Gasteiger partial charge in [0.15, 0.2) is 5.01 Å². The normalized spacial score (nSPS) is 8.75. The van der Waals surface area contributed by atoms with Gasteiger partial charge in [-0.2, -0.15) is 0 Å². The zero-order valence-electron chi connectivity index (χ0n) is 6.07. The van der Waals surface area contributed by atoms with E-state index in [0.717, 1.165) is 0 Å². The van der Waals surface area contributed by atoms with Crippen molar-refractivity contribution in [2.45, 2.75) is 6.61 Å². The summed E-state index contributed by atoms with van der Waals surface area (Å²) in [6.45, 7) is -0.116. The molecule has 0 spiro atoms. The highest BCUT2D eigenvalue weighted by Gasteiger charge is 1.96. The zero-order valence-corrected chi connectivity index (χ0v) is 6.89. The predicted octanol–water partition coefficient (Wildman–Crippen LogP) is -0.528. The van der Waals surface area contributed by atoms with Crippen LogP contribution in [0.15, 0.2) is 5.38 Å². The van der Waals surface area contributed by atoms with Gasteiger partial charge in [0.2, 0.25) is 0 Å². The van der Waals surface area contributed by atoms with Gasteiger partial charge < -0.3 is 10.8 Å². The molecule has 0 aliphatic heterocycles. The van der Waals surface area contributed by atoms with Gasteiger partial charge in [0.05, 0.1) is 12.3 Å². The van der Waals surface area contributed by atoms with Crippen LogP contribution < -0.4 is 5.73 Å². The summed E-state index contributed by atoms with van der Waals surface area (Å²) in [5, 5.41) is 10.8. The Morgan fingerprint density at radius 1 is 1.83 bits per heavy atom. The number of aliphatic hydroxyl groups is 1. The van der Waals surface area contributed by atoms with E-state index >= 15 is 0 Å². The number of amides is 1. The van der Waals surface area contributed by atoms with Crippen LogP contribution in [0.3, 0.4) is 0 Å². The van der Waals surface area contributed by atoms with E-state index in [-0.39, 0.29) is 6.61 Å². The summed E-state index contributed by atoms with van der Waals surface area (Å²) >= 11 is 1.26. The number of carbonyl (C=O) groups excluding carboxylic acids is 1. The second-order valence-electron chi connectivity index (χ2n) is 1.92. The van der Waals surface area contributed by atoms with Crippen molar-refractivity contribution in [3.8, 4) is 11.8 Å². The predicted molar refractivity (Wildman–Crippen MR) is 44.1 cm³/mol. The molecular weight excluding hydrogens is 176 g/mol. The van der Waals surface area contributed by atoms with Gasteiger partial charge in [0, 0.05) is 11.3 Å². The Hall–Kier alpha value is -1.38. The lowest BCUT2D eigenvalue weighted by atomic mass is 10.5. The van der Waals surface area contributed by atoms with Crippen molar-refractivity contribution in [1.82, 2.24) is 4.98 Å². The van der Waals surface area contributed by atoms with Crippen LogP contribution in [0.25, 0.3) is 0 Å². The smallest absolute Gasteiger partial charge is 0.293 e. The summed E-state index contributed by atoms with van der Waals surface area (Å²) in [6, 6.07) is 0. The molecule has 1 heterocycles. The number of nitrogens with zero attached hydrogens (tertiary/aromatic N) is 1. The Labute approximate surface area is 73.0 Å². The lowest BCUT2D eigenvalue weighted by Crippen LogP contribution is -2.06. The quantitative estimate of drug-likeness (QED) is 0.573. The van der Waals surface area contributed by atoms with Crippen molar-refractivity contribution in [3.05, 3.63) is 16.1 Å². The number of hydrogen-bond acceptors (Lipinski definition) is 4. The molecule has 0 bridgehead atoms. The fourth-order valence-electron chi connectivity index (χ4n) is 0.552. The number of thiazole rings is 1. The molecular formula is C7H6N2O2S. The summed E-state index contributed by atoms with van der Waals surface area (Å²) in [6.07, 6.45) is 0. The molecule has 1 aromatic heterocycles. The molecule has 3 N–H and O–H groups in total. The van der Waals surface area contributed by atoms with E-state index in [0.29, 0.717) is 10.7 Å². The maximum Gasteiger partial charge on any atom is 0.293 e. The topological polar surface area (TPSA) is 76.2 Å². The Morgan fingerprint density at radius 2 is 2.58 bits per heavy atom. The molecule has 0 saturated carbocycles. The maximum absolute atomic E-state index is 10.2. The van der Waals surface area contributed by atoms with Gasteiger partial charge in [-0.15, -0.1) is 11.3 Å². The summed E-state index contributed by atoms with van der Waals surface area (Å²) in [4.78, 5) is 14.1. The van der Waals surface area contributed by atoms with Gasteiger partial charge >= 0.3 is 0 Å². The molecule has 0 radical (unpaired) electrons. The van der Waals surface area contributed by atoms with E-state index < -0.39 is 5.91 Å². The Morgan fingerprint density at radius 3 is 3.08 bits per heavy atom. The summed E-state index contributed by atoms with van der Waals surface area (Å²) in [5.74, 6) is 3.94. The molecule has 5 heteroatoms. The molecule has 12 heavy (non-hydrogen) atoms. The van der Waals surface area contributed by atoms with Crippen molar-refractivity contribution in [3.63, 3.8) is 0 Å². The standard InChI is InChI=1S/C7H6N2O2S/c8-6(11)1-2-7-9-5(3-10)4-12-7/h4,10H,3H2,(H2,8,11). The van der Waals surface area contributed by atoms with Gasteiger partial charge in [-0.25, -0.2) is 4.98 Å². The van der Waals surface area contributed by atoms with Crippen LogP contribution >= 0.6 is 11.3 Å². The van der Waals surface area contributed by atoms with Crippen molar-refractivity contribution in [1.29, 1.82) is 0 Å². The third-order valence-electron chi connectivity index (χ3n) is 1.01. The molecule has 62 valence electrons. The van der Waals surface area contributed by atoms with Gasteiger partial charge in [-0.05, 0) is 5.92 Å². The highest BCUT2D eigenvalue weighted by molar-refractivity contribution is 7.10. The number of rotatable bonds is 1. The number of carbonyl (C=O) groups is 1. The molecule has 0 aliphatic carbocycles. The fraction of sp³-hybridized carbons (Fsp3) is 0.143. The Kier molecular flexibility index (Phi) is 2.80. The number of primary amides is 1. The molecule has 4 nitrogen and oxygen atoms in total.